The summed E-state index contributed by atoms with van der Waals surface area (Å²) in [6.07, 6.45) is 0. The fraction of sp³-hybridized carbons (Fsp3) is 0.188. The Morgan fingerprint density at radius 1 is 1.29 bits per heavy atom. The third kappa shape index (κ3) is 4.20. The maximum absolute atomic E-state index is 13.1. The molecule has 0 aliphatic heterocycles. The number of hydrogen-bond donors (Lipinski definition) is 1. The molecule has 1 N–H and O–H groups in total. The van der Waals surface area contributed by atoms with E-state index in [-0.39, 0.29) is 12.4 Å². The molecule has 0 aliphatic rings. The summed E-state index contributed by atoms with van der Waals surface area (Å²) in [4.78, 5) is 12.8. The summed E-state index contributed by atoms with van der Waals surface area (Å²) < 4.78 is 13.1. The second-order valence-electron chi connectivity index (χ2n) is 4.80. The molecule has 0 atom stereocenters. The SMILES string of the molecule is Cc1cc(F)ccc1CN(CC(=O)O)c1cccc(Cl)c1. The molecule has 0 aromatic heterocycles. The highest BCUT2D eigenvalue weighted by Crippen LogP contribution is 2.22. The van der Waals surface area contributed by atoms with E-state index in [4.69, 9.17) is 16.7 Å². The quantitative estimate of drug-likeness (QED) is 0.911. The van der Waals surface area contributed by atoms with Crippen LogP contribution >= 0.6 is 11.6 Å². The standard InChI is InChI=1S/C16H15ClFNO2/c1-11-7-14(18)6-5-12(11)9-19(10-16(20)21)15-4-2-3-13(17)8-15/h2-8H,9-10H2,1H3,(H,20,21). The van der Waals surface area contributed by atoms with Gasteiger partial charge >= 0.3 is 5.97 Å². The van der Waals surface area contributed by atoms with E-state index < -0.39 is 5.97 Å². The molecule has 0 saturated heterocycles. The predicted molar refractivity (Wildman–Crippen MR) is 81.3 cm³/mol. The second kappa shape index (κ2) is 6.59. The van der Waals surface area contributed by atoms with Crippen LogP contribution in [0.2, 0.25) is 5.02 Å². The number of nitrogens with zero attached hydrogens (tertiary/aromatic N) is 1. The lowest BCUT2D eigenvalue weighted by Crippen LogP contribution is -2.29. The Morgan fingerprint density at radius 3 is 2.67 bits per heavy atom. The summed E-state index contributed by atoms with van der Waals surface area (Å²) >= 11 is 5.96. The normalized spacial score (nSPS) is 10.4. The Hall–Kier alpha value is -2.07. The molecule has 2 aromatic rings. The summed E-state index contributed by atoms with van der Waals surface area (Å²) in [5.41, 5.74) is 2.37. The van der Waals surface area contributed by atoms with E-state index in [1.165, 1.54) is 12.1 Å². The van der Waals surface area contributed by atoms with Crippen molar-refractivity contribution in [1.82, 2.24) is 0 Å². The number of aryl methyl sites for hydroxylation is 1. The fourth-order valence-electron chi connectivity index (χ4n) is 2.12. The largest absolute Gasteiger partial charge is 0.480 e. The first-order valence-electron chi connectivity index (χ1n) is 6.43. The first-order valence-corrected chi connectivity index (χ1v) is 6.81. The number of carbonyl (C=O) groups is 1. The van der Waals surface area contributed by atoms with Gasteiger partial charge < -0.3 is 10.0 Å². The summed E-state index contributed by atoms with van der Waals surface area (Å²) in [6.45, 7) is 2.02. The van der Waals surface area contributed by atoms with Crippen LogP contribution in [-0.4, -0.2) is 17.6 Å². The lowest BCUT2D eigenvalue weighted by molar-refractivity contribution is -0.135. The highest BCUT2D eigenvalue weighted by molar-refractivity contribution is 6.30. The molecule has 0 spiro atoms. The average molecular weight is 308 g/mol. The zero-order chi connectivity index (χ0) is 15.4. The fourth-order valence-corrected chi connectivity index (χ4v) is 2.30. The Morgan fingerprint density at radius 2 is 2.05 bits per heavy atom. The number of hydrogen-bond acceptors (Lipinski definition) is 2. The van der Waals surface area contributed by atoms with Crippen LogP contribution in [0.3, 0.4) is 0 Å². The number of carboxylic acid groups (broad SMARTS) is 1. The second-order valence-corrected chi connectivity index (χ2v) is 5.24. The summed E-state index contributed by atoms with van der Waals surface area (Å²) in [5, 5.41) is 9.61. The van der Waals surface area contributed by atoms with Crippen LogP contribution < -0.4 is 4.90 Å². The van der Waals surface area contributed by atoms with Crippen molar-refractivity contribution < 1.29 is 14.3 Å². The van der Waals surface area contributed by atoms with Crippen molar-refractivity contribution in [1.29, 1.82) is 0 Å². The Kier molecular flexibility index (Phi) is 4.81. The van der Waals surface area contributed by atoms with Crippen molar-refractivity contribution in [2.45, 2.75) is 13.5 Å². The Bertz CT molecular complexity index is 660. The van der Waals surface area contributed by atoms with Gasteiger partial charge in [-0.3, -0.25) is 4.79 Å². The van der Waals surface area contributed by atoms with E-state index in [2.05, 4.69) is 0 Å². The Labute approximate surface area is 127 Å². The van der Waals surface area contributed by atoms with Gasteiger partial charge in [0.25, 0.3) is 0 Å². The summed E-state index contributed by atoms with van der Waals surface area (Å²) in [7, 11) is 0. The van der Waals surface area contributed by atoms with Crippen molar-refractivity contribution >= 4 is 23.3 Å². The minimum absolute atomic E-state index is 0.156. The molecule has 3 nitrogen and oxygen atoms in total. The molecule has 0 bridgehead atoms. The van der Waals surface area contributed by atoms with Crippen LogP contribution in [0.25, 0.3) is 0 Å². The maximum Gasteiger partial charge on any atom is 0.323 e. The summed E-state index contributed by atoms with van der Waals surface area (Å²) in [6, 6.07) is 11.5. The van der Waals surface area contributed by atoms with Crippen molar-refractivity contribution in [2.24, 2.45) is 0 Å². The predicted octanol–water partition coefficient (Wildman–Crippen LogP) is 3.88. The van der Waals surface area contributed by atoms with Gasteiger partial charge in [-0.25, -0.2) is 4.39 Å². The molecular formula is C16H15ClFNO2. The van der Waals surface area contributed by atoms with Crippen molar-refractivity contribution in [3.8, 4) is 0 Å². The zero-order valence-electron chi connectivity index (χ0n) is 11.5. The molecule has 0 fully saturated rings. The molecule has 2 aromatic carbocycles. The number of aliphatic carboxylic acids is 1. The molecule has 0 radical (unpaired) electrons. The molecule has 110 valence electrons. The number of rotatable bonds is 5. The van der Waals surface area contributed by atoms with Gasteiger partial charge in [0.15, 0.2) is 0 Å². The van der Waals surface area contributed by atoms with Crippen LogP contribution in [0.15, 0.2) is 42.5 Å². The first-order chi connectivity index (χ1) is 9.95. The van der Waals surface area contributed by atoms with Gasteiger partial charge in [-0.1, -0.05) is 23.7 Å². The van der Waals surface area contributed by atoms with E-state index in [0.717, 1.165) is 11.1 Å². The Balaban J connectivity index is 2.30. The molecule has 21 heavy (non-hydrogen) atoms. The highest BCUT2D eigenvalue weighted by atomic mass is 35.5. The minimum Gasteiger partial charge on any atom is -0.480 e. The van der Waals surface area contributed by atoms with E-state index in [1.54, 1.807) is 42.2 Å². The van der Waals surface area contributed by atoms with Crippen LogP contribution in [0.1, 0.15) is 11.1 Å². The smallest absolute Gasteiger partial charge is 0.323 e. The van der Waals surface area contributed by atoms with Gasteiger partial charge in [0.05, 0.1) is 0 Å². The van der Waals surface area contributed by atoms with Crippen LogP contribution in [0.4, 0.5) is 10.1 Å². The number of anilines is 1. The van der Waals surface area contributed by atoms with Crippen LogP contribution in [0, 0.1) is 12.7 Å². The monoisotopic (exact) mass is 307 g/mol. The molecule has 0 aliphatic carbocycles. The third-order valence-corrected chi connectivity index (χ3v) is 3.40. The van der Waals surface area contributed by atoms with Crippen LogP contribution in [0.5, 0.6) is 0 Å². The van der Waals surface area contributed by atoms with Gasteiger partial charge in [0.2, 0.25) is 0 Å². The number of halogens is 2. The molecule has 0 amide bonds. The highest BCUT2D eigenvalue weighted by Gasteiger charge is 2.13. The lowest BCUT2D eigenvalue weighted by Gasteiger charge is -2.24. The minimum atomic E-state index is -0.935. The van der Waals surface area contributed by atoms with Crippen molar-refractivity contribution in [2.75, 3.05) is 11.4 Å². The van der Waals surface area contributed by atoms with Gasteiger partial charge in [-0.15, -0.1) is 0 Å². The maximum atomic E-state index is 13.1. The number of benzene rings is 2. The van der Waals surface area contributed by atoms with E-state index in [0.29, 0.717) is 17.3 Å². The molecule has 5 heteroatoms. The van der Waals surface area contributed by atoms with Gasteiger partial charge in [-0.05, 0) is 48.4 Å². The first kappa shape index (κ1) is 15.3. The van der Waals surface area contributed by atoms with Gasteiger partial charge in [-0.2, -0.15) is 0 Å². The third-order valence-electron chi connectivity index (χ3n) is 3.17. The number of carboxylic acids is 1. The average Bonchev–Trinajstić information content (AvgIpc) is 2.40. The molecule has 0 heterocycles. The lowest BCUT2D eigenvalue weighted by atomic mass is 10.1. The van der Waals surface area contributed by atoms with E-state index in [9.17, 15) is 9.18 Å². The molecule has 0 saturated carbocycles. The van der Waals surface area contributed by atoms with Gasteiger partial charge in [0.1, 0.15) is 12.4 Å². The van der Waals surface area contributed by atoms with Crippen LogP contribution in [-0.2, 0) is 11.3 Å². The molecule has 0 unspecified atom stereocenters. The zero-order valence-corrected chi connectivity index (χ0v) is 12.3. The van der Waals surface area contributed by atoms with E-state index >= 15 is 0 Å². The van der Waals surface area contributed by atoms with E-state index in [1.807, 2.05) is 0 Å². The van der Waals surface area contributed by atoms with Crippen molar-refractivity contribution in [3.05, 3.63) is 64.4 Å². The summed E-state index contributed by atoms with van der Waals surface area (Å²) in [5.74, 6) is -1.24. The van der Waals surface area contributed by atoms with Gasteiger partial charge in [0, 0.05) is 17.3 Å². The molecular weight excluding hydrogens is 293 g/mol. The van der Waals surface area contributed by atoms with Crippen molar-refractivity contribution in [3.63, 3.8) is 0 Å². The molecule has 2 rings (SSSR count). The topological polar surface area (TPSA) is 40.5 Å².